The Balaban J connectivity index is 2.08. The average Bonchev–Trinajstić information content (AvgIpc) is 2.85. The van der Waals surface area contributed by atoms with Crippen LogP contribution in [-0.2, 0) is 18.3 Å². The Labute approximate surface area is 107 Å². The molecule has 0 bridgehead atoms. The highest BCUT2D eigenvalue weighted by Crippen LogP contribution is 2.23. The summed E-state index contributed by atoms with van der Waals surface area (Å²) in [5.41, 5.74) is 0.526. The molecule has 0 saturated heterocycles. The molecule has 7 nitrogen and oxygen atoms in total. The third-order valence-corrected chi connectivity index (χ3v) is 2.97. The Hall–Kier alpha value is -2.09. The molecule has 0 aliphatic carbocycles. The fourth-order valence-electron chi connectivity index (χ4n) is 1.41. The van der Waals surface area contributed by atoms with Crippen molar-refractivity contribution >= 4 is 28.3 Å². The van der Waals surface area contributed by atoms with Crippen LogP contribution in [0.1, 0.15) is 5.69 Å². The summed E-state index contributed by atoms with van der Waals surface area (Å²) in [6.07, 6.45) is -0.0796. The van der Waals surface area contributed by atoms with Crippen LogP contribution in [-0.4, -0.2) is 33.0 Å². The number of aryl methyl sites for hydroxylation is 1. The van der Waals surface area contributed by atoms with Crippen LogP contribution < -0.4 is 10.1 Å². The number of aromatic nitrogens is 3. The molecule has 8 heteroatoms. The lowest BCUT2D eigenvalue weighted by Gasteiger charge is -1.95. The fraction of sp³-hybridized carbons (Fsp3) is 0.300. The number of ether oxygens (including phenoxy) is 1. The first kappa shape index (κ1) is 12.4. The molecule has 0 radical (unpaired) electrons. The van der Waals surface area contributed by atoms with E-state index in [0.717, 1.165) is 0 Å². The highest BCUT2D eigenvalue weighted by molar-refractivity contribution is 7.13. The second-order valence-corrected chi connectivity index (χ2v) is 4.39. The molecule has 2 heterocycles. The largest absolute Gasteiger partial charge is 0.481 e. The summed E-state index contributed by atoms with van der Waals surface area (Å²) in [4.78, 5) is 14.7. The molecule has 2 N–H and O–H groups in total. The number of nitrogens with zero attached hydrogens (tertiary/aromatic N) is 3. The number of carbonyl (C=O) groups is 1. The van der Waals surface area contributed by atoms with Crippen molar-refractivity contribution in [3.8, 4) is 5.88 Å². The maximum atomic E-state index is 10.5. The van der Waals surface area contributed by atoms with E-state index in [-0.39, 0.29) is 6.42 Å². The number of methoxy groups -OCH3 is 1. The zero-order valence-corrected chi connectivity index (χ0v) is 10.7. The fourth-order valence-corrected chi connectivity index (χ4v) is 2.13. The van der Waals surface area contributed by atoms with Gasteiger partial charge < -0.3 is 15.2 Å². The van der Waals surface area contributed by atoms with Gasteiger partial charge in [0, 0.05) is 18.5 Å². The van der Waals surface area contributed by atoms with Gasteiger partial charge in [0.15, 0.2) is 10.9 Å². The zero-order chi connectivity index (χ0) is 13.1. The Morgan fingerprint density at radius 3 is 3.06 bits per heavy atom. The summed E-state index contributed by atoms with van der Waals surface area (Å²) in [5.74, 6) is 0.330. The molecule has 0 aliphatic rings. The summed E-state index contributed by atoms with van der Waals surface area (Å²) in [6.45, 7) is 0. The smallest absolute Gasteiger partial charge is 0.309 e. The summed E-state index contributed by atoms with van der Waals surface area (Å²) in [6, 6.07) is 1.73. The number of carboxylic acids is 1. The lowest BCUT2D eigenvalue weighted by molar-refractivity contribution is -0.136. The molecule has 0 aliphatic heterocycles. The number of anilines is 2. The molecule has 0 atom stereocenters. The average molecular weight is 268 g/mol. The monoisotopic (exact) mass is 268 g/mol. The number of carboxylic acid groups (broad SMARTS) is 1. The molecule has 0 amide bonds. The third kappa shape index (κ3) is 2.77. The molecule has 0 aromatic carbocycles. The minimum atomic E-state index is -0.897. The molecular weight excluding hydrogens is 256 g/mol. The van der Waals surface area contributed by atoms with Gasteiger partial charge >= 0.3 is 5.97 Å². The second kappa shape index (κ2) is 5.05. The van der Waals surface area contributed by atoms with Crippen molar-refractivity contribution in [1.82, 2.24) is 14.8 Å². The topological polar surface area (TPSA) is 89.3 Å². The van der Waals surface area contributed by atoms with Gasteiger partial charge in [-0.25, -0.2) is 9.67 Å². The quantitative estimate of drug-likeness (QED) is 0.848. The number of hydrogen-bond acceptors (Lipinski definition) is 6. The van der Waals surface area contributed by atoms with Gasteiger partial charge in [-0.15, -0.1) is 11.3 Å². The molecule has 0 saturated carbocycles. The van der Waals surface area contributed by atoms with Crippen LogP contribution in [0.4, 0.5) is 10.9 Å². The zero-order valence-electron chi connectivity index (χ0n) is 9.88. The van der Waals surface area contributed by atoms with Crippen LogP contribution in [0.2, 0.25) is 0 Å². The first-order valence-corrected chi connectivity index (χ1v) is 5.97. The van der Waals surface area contributed by atoms with Crippen LogP contribution in [0.25, 0.3) is 0 Å². The van der Waals surface area contributed by atoms with E-state index in [2.05, 4.69) is 15.4 Å². The van der Waals surface area contributed by atoms with Gasteiger partial charge in [0.2, 0.25) is 5.88 Å². The van der Waals surface area contributed by atoms with Gasteiger partial charge in [0.25, 0.3) is 0 Å². The molecule has 18 heavy (non-hydrogen) atoms. The predicted molar refractivity (Wildman–Crippen MR) is 66.5 cm³/mol. The van der Waals surface area contributed by atoms with Crippen LogP contribution in [0, 0.1) is 0 Å². The van der Waals surface area contributed by atoms with Crippen molar-refractivity contribution in [3.63, 3.8) is 0 Å². The van der Waals surface area contributed by atoms with Crippen LogP contribution in [0.15, 0.2) is 11.4 Å². The van der Waals surface area contributed by atoms with E-state index in [1.54, 1.807) is 30.3 Å². The van der Waals surface area contributed by atoms with Gasteiger partial charge in [-0.05, 0) is 0 Å². The second-order valence-electron chi connectivity index (χ2n) is 3.54. The van der Waals surface area contributed by atoms with E-state index < -0.39 is 5.97 Å². The van der Waals surface area contributed by atoms with E-state index in [1.165, 1.54) is 11.3 Å². The molecular formula is C10H12N4O3S. The van der Waals surface area contributed by atoms with Gasteiger partial charge in [0.1, 0.15) is 0 Å². The maximum absolute atomic E-state index is 10.5. The van der Waals surface area contributed by atoms with Gasteiger partial charge in [-0.1, -0.05) is 0 Å². The van der Waals surface area contributed by atoms with Crippen LogP contribution >= 0.6 is 11.3 Å². The Kier molecular flexibility index (Phi) is 3.47. The van der Waals surface area contributed by atoms with E-state index >= 15 is 0 Å². The van der Waals surface area contributed by atoms with Crippen LogP contribution in [0.5, 0.6) is 5.88 Å². The van der Waals surface area contributed by atoms with E-state index in [1.807, 2.05) is 0 Å². The van der Waals surface area contributed by atoms with E-state index in [4.69, 9.17) is 9.84 Å². The van der Waals surface area contributed by atoms with Crippen LogP contribution in [0.3, 0.4) is 0 Å². The minimum absolute atomic E-state index is 0.0796. The first-order chi connectivity index (χ1) is 8.58. The number of nitrogens with one attached hydrogen (secondary N) is 1. The van der Waals surface area contributed by atoms with Crippen molar-refractivity contribution in [2.24, 2.45) is 7.05 Å². The van der Waals surface area contributed by atoms with Gasteiger partial charge in [0.05, 0.1) is 19.2 Å². The normalized spacial score (nSPS) is 10.3. The SMILES string of the molecule is COc1cc(Nc2nc(CC(=O)O)cs2)nn1C. The van der Waals surface area contributed by atoms with Crippen molar-refractivity contribution in [1.29, 1.82) is 0 Å². The van der Waals surface area contributed by atoms with Gasteiger partial charge in [-0.2, -0.15) is 5.10 Å². The summed E-state index contributed by atoms with van der Waals surface area (Å²) >= 11 is 1.33. The molecule has 2 rings (SSSR count). The highest BCUT2D eigenvalue weighted by atomic mass is 32.1. The highest BCUT2D eigenvalue weighted by Gasteiger charge is 2.09. The molecule has 2 aromatic heterocycles. The minimum Gasteiger partial charge on any atom is -0.481 e. The lowest BCUT2D eigenvalue weighted by atomic mass is 10.3. The van der Waals surface area contributed by atoms with Crippen molar-refractivity contribution in [3.05, 3.63) is 17.1 Å². The molecule has 0 unspecified atom stereocenters. The Bertz CT molecular complexity index is 563. The summed E-state index contributed by atoms with van der Waals surface area (Å²) < 4.78 is 6.68. The van der Waals surface area contributed by atoms with Crippen molar-refractivity contribution in [2.45, 2.75) is 6.42 Å². The molecule has 96 valence electrons. The number of aliphatic carboxylic acids is 1. The third-order valence-electron chi connectivity index (χ3n) is 2.17. The summed E-state index contributed by atoms with van der Waals surface area (Å²) in [5, 5.41) is 18.1. The standard InChI is InChI=1S/C10H12N4O3S/c1-14-8(17-2)4-7(13-14)12-10-11-6(5-18-10)3-9(15)16/h4-5H,3H2,1-2H3,(H,15,16)(H,11,12,13). The van der Waals surface area contributed by atoms with Gasteiger partial charge in [-0.3, -0.25) is 4.79 Å². The predicted octanol–water partition coefficient (Wildman–Crippen LogP) is 1.26. The van der Waals surface area contributed by atoms with Crippen molar-refractivity contribution < 1.29 is 14.6 Å². The number of rotatable bonds is 5. The molecule has 2 aromatic rings. The van der Waals surface area contributed by atoms with E-state index in [0.29, 0.717) is 22.5 Å². The summed E-state index contributed by atoms with van der Waals surface area (Å²) in [7, 11) is 3.33. The number of thiazole rings is 1. The first-order valence-electron chi connectivity index (χ1n) is 5.09. The number of hydrogen-bond donors (Lipinski definition) is 2. The Morgan fingerprint density at radius 1 is 1.67 bits per heavy atom. The lowest BCUT2D eigenvalue weighted by Crippen LogP contribution is -2.00. The maximum Gasteiger partial charge on any atom is 0.309 e. The van der Waals surface area contributed by atoms with E-state index in [9.17, 15) is 4.79 Å². The van der Waals surface area contributed by atoms with Crippen molar-refractivity contribution in [2.75, 3.05) is 12.4 Å². The Morgan fingerprint density at radius 2 is 2.44 bits per heavy atom. The molecule has 0 spiro atoms. The molecule has 0 fully saturated rings.